The predicted octanol–water partition coefficient (Wildman–Crippen LogP) is 6.89. The Kier molecular flexibility index (Phi) is 5.58. The Morgan fingerprint density at radius 3 is 2.69 bits per heavy atom. The number of amides is 1. The van der Waals surface area contributed by atoms with Crippen LogP contribution in [0.25, 0.3) is 21.7 Å². The zero-order chi connectivity index (χ0) is 20.5. The van der Waals surface area contributed by atoms with Gasteiger partial charge in [0, 0.05) is 19.4 Å². The molecule has 4 rings (SSSR count). The fourth-order valence-corrected chi connectivity index (χ4v) is 4.15. The van der Waals surface area contributed by atoms with Crippen molar-refractivity contribution in [1.82, 2.24) is 4.98 Å². The lowest BCUT2D eigenvalue weighted by Crippen LogP contribution is -2.07. The predicted molar refractivity (Wildman–Crippen MR) is 119 cm³/mol. The smallest absolute Gasteiger partial charge is 0.302 e. The van der Waals surface area contributed by atoms with Gasteiger partial charge < -0.3 is 14.8 Å². The number of carbonyl (C=O) groups excluding carboxylic acids is 1. The molecule has 0 saturated heterocycles. The van der Waals surface area contributed by atoms with Crippen LogP contribution >= 0.6 is 43.5 Å². The van der Waals surface area contributed by atoms with Crippen LogP contribution in [0.1, 0.15) is 0 Å². The van der Waals surface area contributed by atoms with Crippen LogP contribution < -0.4 is 4.74 Å². The Morgan fingerprint density at radius 2 is 1.86 bits per heavy atom. The van der Waals surface area contributed by atoms with E-state index in [0.29, 0.717) is 26.1 Å². The minimum Gasteiger partial charge on any atom is -0.493 e. The molecule has 0 fully saturated rings. The fraction of sp³-hybridized carbons (Fsp3) is 0.0500. The SMILES string of the molecule is O=C(COc1ccc2cc(Br)ccc2c1)N=Nc1c(O)[nH]c2c(Br)cc(Cl)cc12. The molecule has 1 amide bonds. The van der Waals surface area contributed by atoms with Crippen LogP contribution in [0.2, 0.25) is 5.02 Å². The molecule has 9 heteroatoms. The number of azo groups is 1. The lowest BCUT2D eigenvalue weighted by atomic mass is 10.1. The minimum atomic E-state index is -0.587. The van der Waals surface area contributed by atoms with Crippen LogP contribution in [0.15, 0.2) is 67.7 Å². The highest BCUT2D eigenvalue weighted by atomic mass is 79.9. The second-order valence-electron chi connectivity index (χ2n) is 6.17. The molecule has 0 atom stereocenters. The number of halogens is 3. The van der Waals surface area contributed by atoms with Crippen molar-refractivity contribution in [2.45, 2.75) is 0 Å². The van der Waals surface area contributed by atoms with Gasteiger partial charge in [-0.3, -0.25) is 4.79 Å². The van der Waals surface area contributed by atoms with E-state index in [1.54, 1.807) is 18.2 Å². The number of aromatic nitrogens is 1. The van der Waals surface area contributed by atoms with E-state index in [2.05, 4.69) is 47.1 Å². The van der Waals surface area contributed by atoms with Crippen LogP contribution in [-0.4, -0.2) is 22.6 Å². The van der Waals surface area contributed by atoms with Gasteiger partial charge in [-0.15, -0.1) is 10.2 Å². The summed E-state index contributed by atoms with van der Waals surface area (Å²) in [6.45, 7) is -0.279. The Balaban J connectivity index is 1.49. The van der Waals surface area contributed by atoms with Crippen LogP contribution in [0.5, 0.6) is 11.6 Å². The number of hydrogen-bond acceptors (Lipinski definition) is 4. The summed E-state index contributed by atoms with van der Waals surface area (Å²) in [6.07, 6.45) is 0. The highest BCUT2D eigenvalue weighted by Crippen LogP contribution is 2.40. The first-order valence-electron chi connectivity index (χ1n) is 8.37. The third-order valence-electron chi connectivity index (χ3n) is 4.18. The molecule has 6 nitrogen and oxygen atoms in total. The minimum absolute atomic E-state index is 0.132. The molecular formula is C20H12Br2ClN3O3. The van der Waals surface area contributed by atoms with Gasteiger partial charge in [0.2, 0.25) is 5.88 Å². The van der Waals surface area contributed by atoms with E-state index in [9.17, 15) is 9.90 Å². The molecule has 0 aliphatic heterocycles. The third kappa shape index (κ3) is 4.29. The van der Waals surface area contributed by atoms with Crippen molar-refractivity contribution in [3.05, 3.63) is 62.5 Å². The summed E-state index contributed by atoms with van der Waals surface area (Å²) < 4.78 is 7.17. The molecule has 3 aromatic carbocycles. The molecule has 4 aromatic rings. The Labute approximate surface area is 186 Å². The van der Waals surface area contributed by atoms with E-state index in [-0.39, 0.29) is 18.2 Å². The average Bonchev–Trinajstić information content (AvgIpc) is 3.00. The lowest BCUT2D eigenvalue weighted by Gasteiger charge is -2.05. The molecule has 0 saturated carbocycles. The average molecular weight is 538 g/mol. The normalized spacial score (nSPS) is 11.6. The van der Waals surface area contributed by atoms with Gasteiger partial charge in [0.1, 0.15) is 5.75 Å². The number of H-pyrrole nitrogens is 1. The van der Waals surface area contributed by atoms with Crippen molar-refractivity contribution in [2.24, 2.45) is 10.2 Å². The van der Waals surface area contributed by atoms with Gasteiger partial charge in [-0.1, -0.05) is 39.7 Å². The summed E-state index contributed by atoms with van der Waals surface area (Å²) in [7, 11) is 0. The van der Waals surface area contributed by atoms with Crippen LogP contribution in [-0.2, 0) is 4.79 Å². The molecule has 0 unspecified atom stereocenters. The van der Waals surface area contributed by atoms with Crippen LogP contribution in [0.3, 0.4) is 0 Å². The van der Waals surface area contributed by atoms with E-state index < -0.39 is 5.91 Å². The largest absolute Gasteiger partial charge is 0.493 e. The number of nitrogens with zero attached hydrogens (tertiary/aromatic N) is 2. The number of benzene rings is 3. The van der Waals surface area contributed by atoms with E-state index in [1.807, 2.05) is 30.3 Å². The number of rotatable bonds is 4. The van der Waals surface area contributed by atoms with Crippen molar-refractivity contribution in [1.29, 1.82) is 0 Å². The first-order valence-corrected chi connectivity index (χ1v) is 10.3. The number of aromatic hydroxyl groups is 1. The number of ether oxygens (including phenoxy) is 1. The molecule has 1 heterocycles. The van der Waals surface area contributed by atoms with E-state index >= 15 is 0 Å². The molecule has 146 valence electrons. The maximum absolute atomic E-state index is 12.1. The van der Waals surface area contributed by atoms with Crippen molar-refractivity contribution in [3.63, 3.8) is 0 Å². The fourth-order valence-electron chi connectivity index (χ4n) is 2.86. The maximum Gasteiger partial charge on any atom is 0.302 e. The zero-order valence-corrected chi connectivity index (χ0v) is 18.5. The van der Waals surface area contributed by atoms with Gasteiger partial charge >= 0.3 is 5.91 Å². The third-order valence-corrected chi connectivity index (χ3v) is 5.51. The van der Waals surface area contributed by atoms with E-state index in [0.717, 1.165) is 15.2 Å². The highest BCUT2D eigenvalue weighted by Gasteiger charge is 2.14. The van der Waals surface area contributed by atoms with Gasteiger partial charge in [-0.2, -0.15) is 0 Å². The zero-order valence-electron chi connectivity index (χ0n) is 14.6. The molecule has 0 radical (unpaired) electrons. The first kappa shape index (κ1) is 19.9. The van der Waals surface area contributed by atoms with Gasteiger partial charge in [0.15, 0.2) is 12.3 Å². The topological polar surface area (TPSA) is 87.0 Å². The highest BCUT2D eigenvalue weighted by molar-refractivity contribution is 9.11. The Morgan fingerprint density at radius 1 is 1.10 bits per heavy atom. The van der Waals surface area contributed by atoms with Crippen molar-refractivity contribution in [2.75, 3.05) is 6.61 Å². The molecular weight excluding hydrogens is 525 g/mol. The summed E-state index contributed by atoms with van der Waals surface area (Å²) >= 11 is 12.8. The molecule has 0 bridgehead atoms. The Hall–Kier alpha value is -2.42. The summed E-state index contributed by atoms with van der Waals surface area (Å²) in [5.74, 6) is -0.245. The number of hydrogen-bond donors (Lipinski definition) is 2. The van der Waals surface area contributed by atoms with E-state index in [1.165, 1.54) is 0 Å². The van der Waals surface area contributed by atoms with Gasteiger partial charge in [-0.25, -0.2) is 0 Å². The molecule has 29 heavy (non-hydrogen) atoms. The lowest BCUT2D eigenvalue weighted by molar-refractivity contribution is -0.120. The van der Waals surface area contributed by atoms with Crippen molar-refractivity contribution in [3.8, 4) is 11.6 Å². The Bertz CT molecular complexity index is 1290. The molecule has 0 spiro atoms. The summed E-state index contributed by atoms with van der Waals surface area (Å²) in [5, 5.41) is 20.6. The summed E-state index contributed by atoms with van der Waals surface area (Å²) in [5.41, 5.74) is 0.736. The molecule has 0 aliphatic rings. The first-order chi connectivity index (χ1) is 13.9. The summed E-state index contributed by atoms with van der Waals surface area (Å²) in [4.78, 5) is 14.9. The maximum atomic E-state index is 12.1. The second-order valence-corrected chi connectivity index (χ2v) is 8.37. The number of fused-ring (bicyclic) bond motifs is 2. The van der Waals surface area contributed by atoms with Crippen molar-refractivity contribution >= 4 is 76.7 Å². The standard InChI is InChI=1S/C20H12Br2ClN3O3/c21-12-3-1-11-6-14(4-2-10(11)5-12)29-9-17(27)25-26-19-15-7-13(23)8-16(22)18(15)24-20(19)28/h1-8,24,28H,9H2. The number of aromatic amines is 1. The second kappa shape index (κ2) is 8.14. The van der Waals surface area contributed by atoms with Crippen LogP contribution in [0, 0.1) is 0 Å². The van der Waals surface area contributed by atoms with Crippen LogP contribution in [0.4, 0.5) is 5.69 Å². The number of carbonyl (C=O) groups is 1. The summed E-state index contributed by atoms with van der Waals surface area (Å²) in [6, 6.07) is 14.7. The monoisotopic (exact) mass is 535 g/mol. The molecule has 2 N–H and O–H groups in total. The quantitative estimate of drug-likeness (QED) is 0.278. The van der Waals surface area contributed by atoms with E-state index in [4.69, 9.17) is 16.3 Å². The molecule has 1 aromatic heterocycles. The van der Waals surface area contributed by atoms with Crippen molar-refractivity contribution < 1.29 is 14.6 Å². The molecule has 0 aliphatic carbocycles. The van der Waals surface area contributed by atoms with Gasteiger partial charge in [-0.05, 0) is 63.1 Å². The number of nitrogens with one attached hydrogen (secondary N) is 1. The van der Waals surface area contributed by atoms with Gasteiger partial charge in [0.25, 0.3) is 0 Å². The van der Waals surface area contributed by atoms with Gasteiger partial charge in [0.05, 0.1) is 5.52 Å².